The second-order valence-electron chi connectivity index (χ2n) is 4.51. The van der Waals surface area contributed by atoms with Crippen LogP contribution in [0, 0.1) is 0 Å². The molecule has 1 N–H and O–H groups in total. The van der Waals surface area contributed by atoms with Gasteiger partial charge in [-0.15, -0.1) is 0 Å². The third kappa shape index (κ3) is 3.28. The summed E-state index contributed by atoms with van der Waals surface area (Å²) in [4.78, 5) is 25.0. The number of carbonyl (C=O) groups excluding carboxylic acids is 1. The van der Waals surface area contributed by atoms with Gasteiger partial charge in [0.05, 0.1) is 0 Å². The molecule has 4 nitrogen and oxygen atoms in total. The Bertz CT molecular complexity index is 500. The first-order valence-electron chi connectivity index (χ1n) is 5.99. The number of nitrogens with zero attached hydrogens (tertiary/aromatic N) is 1. The maximum atomic E-state index is 12.4. The monoisotopic (exact) mass is 345 g/mol. The molecule has 1 saturated heterocycles. The second-order valence-corrected chi connectivity index (χ2v) is 5.86. The number of rotatable bonds is 2. The van der Waals surface area contributed by atoms with E-state index in [-0.39, 0.29) is 5.91 Å². The van der Waals surface area contributed by atoms with E-state index in [0.717, 1.165) is 12.8 Å². The van der Waals surface area contributed by atoms with E-state index in [0.29, 0.717) is 28.0 Å². The first-order chi connectivity index (χ1) is 8.99. The standard InChI is InChI=1S/C13H13BrClNO3/c14-9-5-8(6-10(15)7-9)12(17)16-4-2-1-3-11(16)13(18)19/h5-7,11H,1-4H2,(H,18,19). The van der Waals surface area contributed by atoms with Crippen LogP contribution >= 0.6 is 27.5 Å². The van der Waals surface area contributed by atoms with Gasteiger partial charge in [-0.1, -0.05) is 27.5 Å². The number of likely N-dealkylation sites (tertiary alicyclic amines) is 1. The van der Waals surface area contributed by atoms with E-state index < -0.39 is 12.0 Å². The molecule has 1 atom stereocenters. The molecule has 19 heavy (non-hydrogen) atoms. The molecule has 1 aromatic carbocycles. The van der Waals surface area contributed by atoms with Crippen molar-refractivity contribution in [2.45, 2.75) is 25.3 Å². The lowest BCUT2D eigenvalue weighted by Gasteiger charge is -2.33. The largest absolute Gasteiger partial charge is 0.480 e. The highest BCUT2D eigenvalue weighted by atomic mass is 79.9. The normalized spacial score (nSPS) is 19.3. The molecular weight excluding hydrogens is 334 g/mol. The number of hydrogen-bond acceptors (Lipinski definition) is 2. The molecular formula is C13H13BrClNO3. The van der Waals surface area contributed by atoms with Crippen molar-refractivity contribution < 1.29 is 14.7 Å². The van der Waals surface area contributed by atoms with Gasteiger partial charge in [0.15, 0.2) is 0 Å². The average Bonchev–Trinajstić information content (AvgIpc) is 2.36. The van der Waals surface area contributed by atoms with E-state index in [1.54, 1.807) is 18.2 Å². The average molecular weight is 347 g/mol. The lowest BCUT2D eigenvalue weighted by molar-refractivity contribution is -0.143. The molecule has 1 aromatic rings. The lowest BCUT2D eigenvalue weighted by Crippen LogP contribution is -2.47. The summed E-state index contributed by atoms with van der Waals surface area (Å²) in [6.07, 6.45) is 2.17. The summed E-state index contributed by atoms with van der Waals surface area (Å²) in [6, 6.07) is 4.16. The Hall–Kier alpha value is -1.07. The predicted molar refractivity (Wildman–Crippen MR) is 75.5 cm³/mol. The zero-order chi connectivity index (χ0) is 14.0. The third-order valence-electron chi connectivity index (χ3n) is 3.16. The van der Waals surface area contributed by atoms with Gasteiger partial charge in [-0.25, -0.2) is 4.79 Å². The number of carbonyl (C=O) groups is 2. The number of carboxylic acids is 1. The molecule has 0 aliphatic carbocycles. The van der Waals surface area contributed by atoms with E-state index in [1.807, 2.05) is 0 Å². The van der Waals surface area contributed by atoms with Crippen LogP contribution in [0.4, 0.5) is 0 Å². The number of hydrogen-bond donors (Lipinski definition) is 1. The number of halogens is 2. The summed E-state index contributed by atoms with van der Waals surface area (Å²) >= 11 is 9.19. The molecule has 1 unspecified atom stereocenters. The van der Waals surface area contributed by atoms with Crippen molar-refractivity contribution in [3.63, 3.8) is 0 Å². The Morgan fingerprint density at radius 3 is 2.68 bits per heavy atom. The molecule has 1 aliphatic heterocycles. The molecule has 1 fully saturated rings. The van der Waals surface area contributed by atoms with Crippen LogP contribution in [0.1, 0.15) is 29.6 Å². The molecule has 1 aliphatic rings. The molecule has 0 saturated carbocycles. The van der Waals surface area contributed by atoms with Crippen molar-refractivity contribution >= 4 is 39.4 Å². The maximum Gasteiger partial charge on any atom is 0.326 e. The topological polar surface area (TPSA) is 57.6 Å². The summed E-state index contributed by atoms with van der Waals surface area (Å²) in [5, 5.41) is 9.63. The smallest absolute Gasteiger partial charge is 0.326 e. The Morgan fingerprint density at radius 1 is 1.32 bits per heavy atom. The van der Waals surface area contributed by atoms with E-state index in [4.69, 9.17) is 11.6 Å². The first kappa shape index (κ1) is 14.3. The van der Waals surface area contributed by atoms with Crippen molar-refractivity contribution in [1.29, 1.82) is 0 Å². The highest BCUT2D eigenvalue weighted by molar-refractivity contribution is 9.10. The van der Waals surface area contributed by atoms with Gasteiger partial charge in [0.25, 0.3) is 5.91 Å². The van der Waals surface area contributed by atoms with Gasteiger partial charge in [-0.3, -0.25) is 4.79 Å². The van der Waals surface area contributed by atoms with Gasteiger partial charge in [-0.2, -0.15) is 0 Å². The molecule has 0 spiro atoms. The zero-order valence-electron chi connectivity index (χ0n) is 10.1. The van der Waals surface area contributed by atoms with Gasteiger partial charge in [-0.05, 0) is 37.5 Å². The first-order valence-corrected chi connectivity index (χ1v) is 7.16. The zero-order valence-corrected chi connectivity index (χ0v) is 12.4. The van der Waals surface area contributed by atoms with Crippen LogP contribution in [0.15, 0.2) is 22.7 Å². The number of amides is 1. The van der Waals surface area contributed by atoms with Crippen LogP contribution in [-0.4, -0.2) is 34.5 Å². The summed E-state index contributed by atoms with van der Waals surface area (Å²) in [7, 11) is 0. The van der Waals surface area contributed by atoms with Gasteiger partial charge >= 0.3 is 5.97 Å². The van der Waals surface area contributed by atoms with Crippen molar-refractivity contribution in [2.75, 3.05) is 6.54 Å². The fourth-order valence-corrected chi connectivity index (χ4v) is 3.13. The number of benzene rings is 1. The Balaban J connectivity index is 2.28. The van der Waals surface area contributed by atoms with E-state index in [1.165, 1.54) is 4.90 Å². The fourth-order valence-electron chi connectivity index (χ4n) is 2.27. The minimum absolute atomic E-state index is 0.282. The fraction of sp³-hybridized carbons (Fsp3) is 0.385. The van der Waals surface area contributed by atoms with Crippen molar-refractivity contribution in [2.24, 2.45) is 0 Å². The molecule has 0 aromatic heterocycles. The molecule has 102 valence electrons. The maximum absolute atomic E-state index is 12.4. The third-order valence-corrected chi connectivity index (χ3v) is 3.83. The van der Waals surface area contributed by atoms with Crippen LogP contribution in [0.5, 0.6) is 0 Å². The molecule has 1 heterocycles. The van der Waals surface area contributed by atoms with Crippen LogP contribution in [0.25, 0.3) is 0 Å². The highest BCUT2D eigenvalue weighted by Gasteiger charge is 2.32. The Morgan fingerprint density at radius 2 is 2.05 bits per heavy atom. The van der Waals surface area contributed by atoms with Crippen LogP contribution in [0.2, 0.25) is 5.02 Å². The van der Waals surface area contributed by atoms with E-state index in [9.17, 15) is 14.7 Å². The quantitative estimate of drug-likeness (QED) is 0.895. The van der Waals surface area contributed by atoms with Gasteiger partial charge < -0.3 is 10.0 Å². The second kappa shape index (κ2) is 5.92. The van der Waals surface area contributed by atoms with Gasteiger partial charge in [0.1, 0.15) is 6.04 Å². The summed E-state index contributed by atoms with van der Waals surface area (Å²) in [6.45, 7) is 0.472. The summed E-state index contributed by atoms with van der Waals surface area (Å²) in [5.41, 5.74) is 0.410. The lowest BCUT2D eigenvalue weighted by atomic mass is 10.0. The van der Waals surface area contributed by atoms with Crippen molar-refractivity contribution in [1.82, 2.24) is 4.90 Å². The van der Waals surface area contributed by atoms with Crippen molar-refractivity contribution in [3.8, 4) is 0 Å². The number of piperidine rings is 1. The SMILES string of the molecule is O=C(O)C1CCCCN1C(=O)c1cc(Cl)cc(Br)c1. The van der Waals surface area contributed by atoms with Gasteiger partial charge in [0.2, 0.25) is 0 Å². The number of carboxylic acid groups (broad SMARTS) is 1. The van der Waals surface area contributed by atoms with Gasteiger partial charge in [0, 0.05) is 21.6 Å². The predicted octanol–water partition coefficient (Wildman–Crippen LogP) is 3.18. The molecule has 1 amide bonds. The highest BCUT2D eigenvalue weighted by Crippen LogP contribution is 2.24. The Labute approximate surface area is 124 Å². The molecule has 0 radical (unpaired) electrons. The number of aliphatic carboxylic acids is 1. The van der Waals surface area contributed by atoms with Crippen LogP contribution in [-0.2, 0) is 4.79 Å². The summed E-state index contributed by atoms with van der Waals surface area (Å²) in [5.74, 6) is -1.23. The molecule has 6 heteroatoms. The minimum Gasteiger partial charge on any atom is -0.480 e. The summed E-state index contributed by atoms with van der Waals surface area (Å²) < 4.78 is 0.701. The van der Waals surface area contributed by atoms with Crippen LogP contribution < -0.4 is 0 Å². The van der Waals surface area contributed by atoms with E-state index >= 15 is 0 Å². The van der Waals surface area contributed by atoms with E-state index in [2.05, 4.69) is 15.9 Å². The van der Waals surface area contributed by atoms with Crippen LogP contribution in [0.3, 0.4) is 0 Å². The minimum atomic E-state index is -0.950. The molecule has 2 rings (SSSR count). The molecule has 0 bridgehead atoms. The Kier molecular flexibility index (Phi) is 4.47. The van der Waals surface area contributed by atoms with Crippen molar-refractivity contribution in [3.05, 3.63) is 33.3 Å².